The zero-order valence-electron chi connectivity index (χ0n) is 11.9. The highest BCUT2D eigenvalue weighted by Crippen LogP contribution is 2.32. The molecular formula is C16H18N2O3. The van der Waals surface area contributed by atoms with E-state index in [0.29, 0.717) is 0 Å². The van der Waals surface area contributed by atoms with E-state index in [2.05, 4.69) is 16.9 Å². The van der Waals surface area contributed by atoms with E-state index in [0.717, 1.165) is 40.9 Å². The fourth-order valence-corrected chi connectivity index (χ4v) is 2.76. The first-order valence-electron chi connectivity index (χ1n) is 6.94. The molecule has 1 atom stereocenters. The van der Waals surface area contributed by atoms with Gasteiger partial charge >= 0.3 is 5.97 Å². The van der Waals surface area contributed by atoms with Crippen molar-refractivity contribution in [2.45, 2.75) is 12.5 Å². The Morgan fingerprint density at radius 2 is 2.38 bits per heavy atom. The van der Waals surface area contributed by atoms with Crippen LogP contribution in [-0.2, 0) is 16.0 Å². The van der Waals surface area contributed by atoms with Crippen LogP contribution >= 0.6 is 0 Å². The van der Waals surface area contributed by atoms with Crippen molar-refractivity contribution in [3.05, 3.63) is 42.1 Å². The molecule has 1 unspecified atom stereocenters. The van der Waals surface area contributed by atoms with Gasteiger partial charge in [-0.1, -0.05) is 12.7 Å². The Morgan fingerprint density at radius 1 is 1.52 bits per heavy atom. The van der Waals surface area contributed by atoms with Crippen molar-refractivity contribution in [1.29, 1.82) is 0 Å². The van der Waals surface area contributed by atoms with E-state index >= 15 is 0 Å². The summed E-state index contributed by atoms with van der Waals surface area (Å²) in [6.07, 6.45) is 2.44. The zero-order valence-corrected chi connectivity index (χ0v) is 11.9. The fraction of sp³-hybridized carbons (Fsp3) is 0.312. The van der Waals surface area contributed by atoms with Gasteiger partial charge in [0.05, 0.1) is 7.11 Å². The van der Waals surface area contributed by atoms with Crippen molar-refractivity contribution in [3.63, 3.8) is 0 Å². The van der Waals surface area contributed by atoms with Crippen LogP contribution in [0.5, 0.6) is 5.75 Å². The molecule has 1 aromatic carbocycles. The average molecular weight is 286 g/mol. The quantitative estimate of drug-likeness (QED) is 0.667. The molecule has 21 heavy (non-hydrogen) atoms. The maximum atomic E-state index is 12.1. The summed E-state index contributed by atoms with van der Waals surface area (Å²) in [6, 6.07) is 5.43. The number of fused-ring (bicyclic) bond motifs is 3. The minimum absolute atomic E-state index is 0.223. The second-order valence-corrected chi connectivity index (χ2v) is 4.98. The van der Waals surface area contributed by atoms with Crippen LogP contribution in [0.2, 0.25) is 0 Å². The number of carbonyl (C=O) groups excluding carboxylic acids is 1. The predicted molar refractivity (Wildman–Crippen MR) is 80.5 cm³/mol. The molecule has 2 aromatic rings. The number of esters is 1. The topological polar surface area (TPSA) is 63.3 Å². The van der Waals surface area contributed by atoms with E-state index in [9.17, 15) is 4.79 Å². The maximum absolute atomic E-state index is 12.1. The van der Waals surface area contributed by atoms with E-state index in [-0.39, 0.29) is 12.6 Å². The highest BCUT2D eigenvalue weighted by molar-refractivity contribution is 5.89. The number of nitrogens with one attached hydrogen (secondary N) is 2. The fourth-order valence-electron chi connectivity index (χ4n) is 2.76. The van der Waals surface area contributed by atoms with Crippen LogP contribution in [0.3, 0.4) is 0 Å². The molecule has 0 saturated heterocycles. The monoisotopic (exact) mass is 286 g/mol. The molecule has 0 spiro atoms. The maximum Gasteiger partial charge on any atom is 0.329 e. The van der Waals surface area contributed by atoms with E-state index in [1.807, 2.05) is 18.2 Å². The molecule has 0 amide bonds. The van der Waals surface area contributed by atoms with Crippen molar-refractivity contribution in [1.82, 2.24) is 10.3 Å². The van der Waals surface area contributed by atoms with Gasteiger partial charge < -0.3 is 14.5 Å². The lowest BCUT2D eigenvalue weighted by Crippen LogP contribution is -2.36. The molecule has 0 bridgehead atoms. The Labute approximate surface area is 122 Å². The van der Waals surface area contributed by atoms with Crippen molar-refractivity contribution >= 4 is 16.9 Å². The number of carbonyl (C=O) groups is 1. The molecule has 1 aromatic heterocycles. The van der Waals surface area contributed by atoms with Crippen LogP contribution < -0.4 is 10.1 Å². The minimum Gasteiger partial charge on any atom is -0.497 e. The summed E-state index contributed by atoms with van der Waals surface area (Å²) in [7, 11) is 1.65. The normalized spacial score (nSPS) is 17.3. The SMILES string of the molecule is C=CCOC(=O)C1NCCc2c1[nH]c1ccc(OC)cc21. The van der Waals surface area contributed by atoms with Crippen molar-refractivity contribution in [2.24, 2.45) is 0 Å². The van der Waals surface area contributed by atoms with Crippen LogP contribution in [0.1, 0.15) is 17.3 Å². The molecule has 0 aliphatic carbocycles. The number of hydrogen-bond acceptors (Lipinski definition) is 4. The van der Waals surface area contributed by atoms with E-state index < -0.39 is 6.04 Å². The Hall–Kier alpha value is -2.27. The number of H-pyrrole nitrogens is 1. The second kappa shape index (κ2) is 5.61. The molecule has 5 heteroatoms. The lowest BCUT2D eigenvalue weighted by Gasteiger charge is -2.22. The molecule has 1 aliphatic heterocycles. The Balaban J connectivity index is 2.01. The molecule has 5 nitrogen and oxygen atoms in total. The van der Waals surface area contributed by atoms with Crippen LogP contribution in [0.15, 0.2) is 30.9 Å². The van der Waals surface area contributed by atoms with Crippen molar-refractivity contribution < 1.29 is 14.3 Å². The molecule has 2 heterocycles. The summed E-state index contributed by atoms with van der Waals surface area (Å²) in [5, 5.41) is 4.31. The van der Waals surface area contributed by atoms with Gasteiger partial charge in [0.2, 0.25) is 0 Å². The number of benzene rings is 1. The van der Waals surface area contributed by atoms with Gasteiger partial charge in [-0.05, 0) is 30.2 Å². The predicted octanol–water partition coefficient (Wildman–Crippen LogP) is 2.09. The number of rotatable bonds is 4. The number of hydrogen-bond donors (Lipinski definition) is 2. The summed E-state index contributed by atoms with van der Waals surface area (Å²) in [5.41, 5.74) is 3.05. The average Bonchev–Trinajstić information content (AvgIpc) is 2.90. The van der Waals surface area contributed by atoms with Crippen LogP contribution in [0, 0.1) is 0 Å². The molecule has 0 fully saturated rings. The minimum atomic E-state index is -0.452. The third kappa shape index (κ3) is 2.40. The van der Waals surface area contributed by atoms with E-state index in [1.54, 1.807) is 13.2 Å². The van der Waals surface area contributed by atoms with Crippen molar-refractivity contribution in [2.75, 3.05) is 20.3 Å². The number of aromatic amines is 1. The lowest BCUT2D eigenvalue weighted by atomic mass is 9.99. The van der Waals surface area contributed by atoms with Gasteiger partial charge in [0.15, 0.2) is 0 Å². The molecular weight excluding hydrogens is 268 g/mol. The largest absolute Gasteiger partial charge is 0.497 e. The summed E-state index contributed by atoms with van der Waals surface area (Å²) in [6.45, 7) is 4.52. The first kappa shape index (κ1) is 13.7. The van der Waals surface area contributed by atoms with Crippen LogP contribution in [-0.4, -0.2) is 31.2 Å². The number of aromatic nitrogens is 1. The second-order valence-electron chi connectivity index (χ2n) is 4.98. The third-order valence-electron chi connectivity index (χ3n) is 3.74. The highest BCUT2D eigenvalue weighted by atomic mass is 16.5. The molecule has 0 saturated carbocycles. The summed E-state index contributed by atoms with van der Waals surface area (Å²) in [4.78, 5) is 15.5. The lowest BCUT2D eigenvalue weighted by molar-refractivity contribution is -0.145. The summed E-state index contributed by atoms with van der Waals surface area (Å²) < 4.78 is 10.4. The standard InChI is InChI=1S/C16H18N2O3/c1-3-8-21-16(19)15-14-11(6-7-17-15)12-9-10(20-2)4-5-13(12)18-14/h3-5,9,15,17-18H,1,6-8H2,2H3. The highest BCUT2D eigenvalue weighted by Gasteiger charge is 2.30. The summed E-state index contributed by atoms with van der Waals surface area (Å²) >= 11 is 0. The number of methoxy groups -OCH3 is 1. The van der Waals surface area contributed by atoms with Gasteiger partial charge in [0.1, 0.15) is 18.4 Å². The third-order valence-corrected chi connectivity index (χ3v) is 3.74. The smallest absolute Gasteiger partial charge is 0.329 e. The first-order chi connectivity index (χ1) is 10.2. The van der Waals surface area contributed by atoms with Gasteiger partial charge in [-0.2, -0.15) is 0 Å². The molecule has 110 valence electrons. The molecule has 3 rings (SSSR count). The van der Waals surface area contributed by atoms with Crippen LogP contribution in [0.4, 0.5) is 0 Å². The Morgan fingerprint density at radius 3 is 3.14 bits per heavy atom. The molecule has 2 N–H and O–H groups in total. The van der Waals surface area contributed by atoms with Gasteiger partial charge in [-0.15, -0.1) is 0 Å². The zero-order chi connectivity index (χ0) is 14.8. The summed E-state index contributed by atoms with van der Waals surface area (Å²) in [5.74, 6) is 0.531. The first-order valence-corrected chi connectivity index (χ1v) is 6.94. The van der Waals surface area contributed by atoms with Gasteiger partial charge in [0.25, 0.3) is 0 Å². The molecule has 0 radical (unpaired) electrons. The van der Waals surface area contributed by atoms with Crippen molar-refractivity contribution in [3.8, 4) is 5.75 Å². The van der Waals surface area contributed by atoms with Gasteiger partial charge in [-0.25, -0.2) is 4.79 Å². The van der Waals surface area contributed by atoms with Gasteiger partial charge in [-0.3, -0.25) is 5.32 Å². The number of ether oxygens (including phenoxy) is 2. The Bertz CT molecular complexity index is 690. The van der Waals surface area contributed by atoms with Gasteiger partial charge in [0, 0.05) is 23.1 Å². The van der Waals surface area contributed by atoms with E-state index in [1.165, 1.54) is 0 Å². The Kier molecular flexibility index (Phi) is 3.66. The van der Waals surface area contributed by atoms with Crippen LogP contribution in [0.25, 0.3) is 10.9 Å². The van der Waals surface area contributed by atoms with E-state index in [4.69, 9.17) is 9.47 Å². The molecule has 1 aliphatic rings.